The lowest BCUT2D eigenvalue weighted by Crippen LogP contribution is -2.41. The minimum Gasteiger partial charge on any atom is -0.460 e. The summed E-state index contributed by atoms with van der Waals surface area (Å²) in [4.78, 5) is 35.0. The molecule has 0 spiro atoms. The minimum atomic E-state index is -0.449. The highest BCUT2D eigenvalue weighted by atomic mass is 16.6. The van der Waals surface area contributed by atoms with E-state index in [0.29, 0.717) is 32.4 Å². The first-order valence-corrected chi connectivity index (χ1v) is 34.4. The number of nitrogens with two attached hydrogens (primary N) is 1. The highest BCUT2D eigenvalue weighted by Gasteiger charge is 2.23. The van der Waals surface area contributed by atoms with Crippen molar-refractivity contribution in [3.63, 3.8) is 0 Å². The molecule has 0 heterocycles. The third-order valence-electron chi connectivity index (χ3n) is 10.6. The molecular formula is C109H68N4O6. The third-order valence-corrected chi connectivity index (χ3v) is 10.6. The number of alkyl carbamates (subject to hydrolysis) is 1. The van der Waals surface area contributed by atoms with Gasteiger partial charge in [-0.25, -0.2) is 4.79 Å². The van der Waals surface area contributed by atoms with Crippen LogP contribution >= 0.6 is 0 Å². The quantitative estimate of drug-likeness (QED) is 0.0587. The van der Waals surface area contributed by atoms with Crippen LogP contribution in [0.5, 0.6) is 0 Å². The van der Waals surface area contributed by atoms with E-state index in [1.165, 1.54) is 0 Å². The molecule has 0 aromatic heterocycles. The van der Waals surface area contributed by atoms with Gasteiger partial charge in [0.05, 0.1) is 0 Å². The number of carbonyl (C=O) groups excluding carboxylic acids is 3. The fourth-order valence-corrected chi connectivity index (χ4v) is 5.94. The molecule has 0 saturated carbocycles. The Balaban J connectivity index is -0.00000156. The lowest BCUT2D eigenvalue weighted by Gasteiger charge is -2.27. The lowest BCUT2D eigenvalue weighted by atomic mass is 9.98. The number of amides is 1. The average molecular weight is 1530 g/mol. The predicted octanol–water partition coefficient (Wildman–Crippen LogP) is 6.63. The first kappa shape index (κ1) is 104. The van der Waals surface area contributed by atoms with Crippen LogP contribution in [-0.2, 0) is 30.4 Å². The Morgan fingerprint density at radius 3 is 0.723 bits per heavy atom. The Kier molecular flexibility index (Phi) is 68.8. The molecule has 1 aromatic carbocycles. The van der Waals surface area contributed by atoms with Crippen molar-refractivity contribution < 1.29 is 28.6 Å². The summed E-state index contributed by atoms with van der Waals surface area (Å²) in [6.07, 6.45) is 18.4. The van der Waals surface area contributed by atoms with Gasteiger partial charge in [-0.3, -0.25) is 9.59 Å². The Hall–Kier alpha value is -19.0. The number of ether oxygens (including phenoxy) is 3. The largest absolute Gasteiger partial charge is 0.460 e. The summed E-state index contributed by atoms with van der Waals surface area (Å²) < 4.78 is 15.8. The van der Waals surface area contributed by atoms with E-state index < -0.39 is 17.3 Å². The first-order valence-electron chi connectivity index (χ1n) is 34.4. The summed E-state index contributed by atoms with van der Waals surface area (Å²) in [5.41, 5.74) is 5.33. The molecule has 0 fully saturated rings. The smallest absolute Gasteiger partial charge is 0.407 e. The number of benzene rings is 1. The third kappa shape index (κ3) is 93.2. The normalized spacial score (nSPS) is 6.90. The van der Waals surface area contributed by atoms with Crippen molar-refractivity contribution >= 4 is 18.0 Å². The van der Waals surface area contributed by atoms with Gasteiger partial charge in [-0.2, -0.15) is 0 Å². The average Bonchev–Trinajstić information content (AvgIpc) is 0.922. The van der Waals surface area contributed by atoms with Crippen LogP contribution in [0, 0.1) is 440 Å². The fourth-order valence-electron chi connectivity index (χ4n) is 5.94. The van der Waals surface area contributed by atoms with Gasteiger partial charge in [-0.05, 0) is 316 Å². The van der Waals surface area contributed by atoms with Gasteiger partial charge >= 0.3 is 18.0 Å². The molecule has 0 aliphatic heterocycles. The second kappa shape index (κ2) is 78.6. The van der Waals surface area contributed by atoms with Gasteiger partial charge in [0, 0.05) is 255 Å². The van der Waals surface area contributed by atoms with Gasteiger partial charge in [0.1, 0.15) is 17.8 Å². The summed E-state index contributed by atoms with van der Waals surface area (Å²) in [5, 5.41) is 9.54. The zero-order valence-electron chi connectivity index (χ0n) is 67.4. The SMILES string of the molecule is C#CC#CC#CC#CC#CC#CC#CC#CC#CC#CC#CC#CC#CC#CC#CC#CC#CC#CC.C#CC#CC#CC#CC#CC#CC#CC#CC#CC#CC#CC#CC#CC#CC#CC#CC#CC#CC#C.CC(C)(CCC(=O)OC(C)(C)C)NCCCN.CC(C)(CCC(=O)OC(C)(C)C)NCCCNC(=O)OCc1ccccc1. The van der Waals surface area contributed by atoms with Crippen LogP contribution in [0.3, 0.4) is 0 Å². The molecule has 0 unspecified atom stereocenters. The molecule has 0 aliphatic carbocycles. The van der Waals surface area contributed by atoms with Crippen LogP contribution in [0.2, 0.25) is 0 Å². The first-order chi connectivity index (χ1) is 57.6. The maximum Gasteiger partial charge on any atom is 0.407 e. The summed E-state index contributed by atoms with van der Waals surface area (Å²) in [6, 6.07) is 9.57. The number of hydrogen-bond acceptors (Lipinski definition) is 9. The van der Waals surface area contributed by atoms with Gasteiger partial charge in [-0.15, -0.1) is 19.3 Å². The summed E-state index contributed by atoms with van der Waals surface area (Å²) >= 11 is 0. The van der Waals surface area contributed by atoms with Crippen molar-refractivity contribution in [3.8, 4) is 440 Å². The highest BCUT2D eigenvalue weighted by molar-refractivity contribution is 5.70. The molecule has 5 N–H and O–H groups in total. The molecule has 1 rings (SSSR count). The van der Waals surface area contributed by atoms with Gasteiger partial charge < -0.3 is 35.9 Å². The zero-order chi connectivity index (χ0) is 88.1. The van der Waals surface area contributed by atoms with Crippen LogP contribution < -0.4 is 21.7 Å². The Morgan fingerprint density at radius 2 is 0.521 bits per heavy atom. The number of carbonyl (C=O) groups is 3. The van der Waals surface area contributed by atoms with Crippen molar-refractivity contribution in [2.75, 3.05) is 26.2 Å². The van der Waals surface area contributed by atoms with E-state index in [4.69, 9.17) is 39.2 Å². The number of hydrogen-bond donors (Lipinski definition) is 4. The van der Waals surface area contributed by atoms with Crippen molar-refractivity contribution in [1.29, 1.82) is 0 Å². The molecule has 0 atom stereocenters. The van der Waals surface area contributed by atoms with Gasteiger partial charge in [0.15, 0.2) is 0 Å². The van der Waals surface area contributed by atoms with Crippen molar-refractivity contribution in [2.45, 2.75) is 144 Å². The predicted molar refractivity (Wildman–Crippen MR) is 474 cm³/mol. The maximum atomic E-state index is 11.8. The van der Waals surface area contributed by atoms with Gasteiger partial charge in [0.25, 0.3) is 0 Å². The van der Waals surface area contributed by atoms with Gasteiger partial charge in [0.2, 0.25) is 0 Å². The van der Waals surface area contributed by atoms with E-state index in [1.807, 2.05) is 71.9 Å². The molecule has 0 saturated heterocycles. The molecule has 1 amide bonds. The Labute approximate surface area is 709 Å². The lowest BCUT2D eigenvalue weighted by molar-refractivity contribution is -0.156. The molecule has 10 nitrogen and oxygen atoms in total. The van der Waals surface area contributed by atoms with Crippen LogP contribution in [0.15, 0.2) is 30.3 Å². The van der Waals surface area contributed by atoms with Crippen LogP contribution in [-0.4, -0.2) is 66.5 Å². The second-order valence-corrected chi connectivity index (χ2v) is 23.3. The summed E-state index contributed by atoms with van der Waals surface area (Å²) in [5.74, 6) is 175. The molecule has 1 aromatic rings. The van der Waals surface area contributed by atoms with Gasteiger partial charge in [-0.1, -0.05) is 36.3 Å². The van der Waals surface area contributed by atoms with Crippen LogP contribution in [0.25, 0.3) is 0 Å². The number of rotatable bonds is 17. The topological polar surface area (TPSA) is 141 Å². The molecule has 119 heavy (non-hydrogen) atoms. The number of nitrogens with one attached hydrogen (secondary N) is 3. The number of terminal acetylenes is 3. The van der Waals surface area contributed by atoms with E-state index in [9.17, 15) is 14.4 Å². The highest BCUT2D eigenvalue weighted by Crippen LogP contribution is 2.16. The van der Waals surface area contributed by atoms with E-state index in [1.54, 1.807) is 6.92 Å². The Bertz CT molecular complexity index is 6270. The monoisotopic (exact) mass is 1530 g/mol. The molecule has 0 aliphatic rings. The second-order valence-electron chi connectivity index (χ2n) is 23.3. The summed E-state index contributed by atoms with van der Waals surface area (Å²) in [6.45, 7) is 24.3. The maximum absolute atomic E-state index is 11.8. The van der Waals surface area contributed by atoms with E-state index in [2.05, 4.69) is 464 Å². The summed E-state index contributed by atoms with van der Waals surface area (Å²) in [7, 11) is 0. The van der Waals surface area contributed by atoms with Crippen molar-refractivity contribution in [2.24, 2.45) is 5.73 Å². The van der Waals surface area contributed by atoms with Crippen molar-refractivity contribution in [1.82, 2.24) is 16.0 Å². The zero-order valence-corrected chi connectivity index (χ0v) is 67.4. The van der Waals surface area contributed by atoms with Crippen LogP contribution in [0.1, 0.15) is 120 Å². The van der Waals surface area contributed by atoms with E-state index >= 15 is 0 Å². The molecule has 0 radical (unpaired) electrons. The fraction of sp³-hybridized carbons (Fsp3) is 0.239. The van der Waals surface area contributed by atoms with E-state index in [-0.39, 0.29) is 29.6 Å². The molecule has 560 valence electrons. The standard InChI is InChI=1S/C38H2.C37H4.C21H34N2O4.C13H28N2O2/c1-3-5-7-9-11-13-15-17-19-21-23-25-27-29-31-33-35-37-38-36-34-32-30-28-26-24-22-20-18-16-14-12-10-8-6-4-2;1-3-5-7-9-11-13-15-17-19-21-23-25-27-29-31-33-35-37-36-34-32-30-28-26-24-22-20-18-16-14-12-10-8-6-4-2;1-20(2,3)27-18(24)12-13-21(4,5)23-15-9-14-22-19(25)26-16-17-10-7-6-8-11-17;1-12(2,3)17-11(16)7-8-13(4,5)15-10-6-9-14/h1-2H;1H,2H3;6-8,10-11,23H,9,12-16H2,1-5H3,(H,22,25);15H,6-10,14H2,1-5H3. The minimum absolute atomic E-state index is 0.0495. The van der Waals surface area contributed by atoms with Crippen molar-refractivity contribution in [3.05, 3.63) is 35.9 Å². The molecule has 10 heteroatoms. The number of esters is 2. The molecular weight excluding hydrogens is 1460 g/mol. The van der Waals surface area contributed by atoms with Crippen LogP contribution in [0.4, 0.5) is 4.79 Å². The Morgan fingerprint density at radius 1 is 0.311 bits per heavy atom. The molecule has 0 bridgehead atoms. The van der Waals surface area contributed by atoms with E-state index in [0.717, 1.165) is 37.9 Å².